The van der Waals surface area contributed by atoms with Crippen LogP contribution in [0.25, 0.3) is 0 Å². The summed E-state index contributed by atoms with van der Waals surface area (Å²) in [5, 5.41) is 0. The van der Waals surface area contributed by atoms with Gasteiger partial charge in [-0.15, -0.1) is 0 Å². The van der Waals surface area contributed by atoms with Gasteiger partial charge in [-0.05, 0) is 49.4 Å². The van der Waals surface area contributed by atoms with Gasteiger partial charge in [0.15, 0.2) is 0 Å². The summed E-state index contributed by atoms with van der Waals surface area (Å²) in [5.41, 5.74) is 6.88. The zero-order valence-corrected chi connectivity index (χ0v) is 12.1. The fourth-order valence-corrected chi connectivity index (χ4v) is 4.03. The molecule has 0 aliphatic heterocycles. The Morgan fingerprint density at radius 3 is 2.41 bits per heavy atom. The van der Waals surface area contributed by atoms with E-state index in [1.165, 1.54) is 19.3 Å². The van der Waals surface area contributed by atoms with Crippen LogP contribution in [0, 0.1) is 16.7 Å². The molecule has 0 spiro atoms. The van der Waals surface area contributed by atoms with Gasteiger partial charge in [0, 0.05) is 6.04 Å². The number of rotatable bonds is 4. The molecule has 2 heteroatoms. The Labute approximate surface area is 106 Å². The van der Waals surface area contributed by atoms with Gasteiger partial charge in [-0.1, -0.05) is 27.7 Å². The highest BCUT2D eigenvalue weighted by molar-refractivity contribution is 5.11. The largest absolute Gasteiger partial charge is 0.373 e. The smallest absolute Gasteiger partial charge is 0.0701 e. The predicted octanol–water partition coefficient (Wildman–Crippen LogP) is 3.34. The van der Waals surface area contributed by atoms with Crippen molar-refractivity contribution in [3.05, 3.63) is 0 Å². The first kappa shape index (κ1) is 13.4. The van der Waals surface area contributed by atoms with E-state index in [4.69, 9.17) is 10.5 Å². The summed E-state index contributed by atoms with van der Waals surface area (Å²) >= 11 is 0. The minimum atomic E-state index is 0.181. The van der Waals surface area contributed by atoms with Gasteiger partial charge in [-0.25, -0.2) is 0 Å². The molecule has 0 aromatic heterocycles. The highest BCUT2D eigenvalue weighted by Gasteiger charge is 2.62. The van der Waals surface area contributed by atoms with Crippen LogP contribution < -0.4 is 5.73 Å². The van der Waals surface area contributed by atoms with E-state index in [0.717, 1.165) is 12.3 Å². The Kier molecular flexibility index (Phi) is 3.33. The first-order valence-corrected chi connectivity index (χ1v) is 7.24. The molecule has 0 saturated heterocycles. The lowest BCUT2D eigenvalue weighted by Crippen LogP contribution is -2.43. The lowest BCUT2D eigenvalue weighted by atomic mass is 9.70. The van der Waals surface area contributed by atoms with E-state index in [1.54, 1.807) is 0 Å². The second-order valence-electron chi connectivity index (χ2n) is 7.01. The van der Waals surface area contributed by atoms with E-state index in [0.29, 0.717) is 16.9 Å². The van der Waals surface area contributed by atoms with Gasteiger partial charge in [0.05, 0.1) is 12.2 Å². The van der Waals surface area contributed by atoms with Crippen molar-refractivity contribution in [2.45, 2.75) is 78.6 Å². The summed E-state index contributed by atoms with van der Waals surface area (Å²) in [6.45, 7) is 11.6. The van der Waals surface area contributed by atoms with Gasteiger partial charge in [-0.2, -0.15) is 0 Å². The van der Waals surface area contributed by atoms with Gasteiger partial charge in [0.25, 0.3) is 0 Å². The summed E-state index contributed by atoms with van der Waals surface area (Å²) in [4.78, 5) is 0. The zero-order valence-electron chi connectivity index (χ0n) is 12.1. The standard InChI is InChI=1S/C15H29NO/c1-6-12(16)10(2)17-13-9-11-7-8-15(13,5)14(11,3)4/h10-13H,6-9,16H2,1-5H3. The summed E-state index contributed by atoms with van der Waals surface area (Å²) in [7, 11) is 0. The molecular formula is C15H29NO. The molecule has 0 aromatic rings. The maximum atomic E-state index is 6.31. The van der Waals surface area contributed by atoms with Gasteiger partial charge < -0.3 is 10.5 Å². The molecule has 2 aliphatic rings. The van der Waals surface area contributed by atoms with Gasteiger partial charge >= 0.3 is 0 Å². The number of hydrogen-bond donors (Lipinski definition) is 1. The lowest BCUT2D eigenvalue weighted by molar-refractivity contribution is -0.0875. The summed E-state index contributed by atoms with van der Waals surface area (Å²) < 4.78 is 6.31. The summed E-state index contributed by atoms with van der Waals surface area (Å²) in [5.74, 6) is 0.850. The Bertz CT molecular complexity index is 289. The van der Waals surface area contributed by atoms with Crippen molar-refractivity contribution in [2.75, 3.05) is 0 Å². The van der Waals surface area contributed by atoms with Crippen LogP contribution in [-0.2, 0) is 4.74 Å². The van der Waals surface area contributed by atoms with Gasteiger partial charge in [0.1, 0.15) is 0 Å². The molecule has 0 heterocycles. The van der Waals surface area contributed by atoms with Crippen molar-refractivity contribution >= 4 is 0 Å². The first-order valence-electron chi connectivity index (χ1n) is 7.24. The molecule has 2 saturated carbocycles. The molecule has 2 aliphatic carbocycles. The van der Waals surface area contributed by atoms with E-state index in [-0.39, 0.29) is 12.1 Å². The Morgan fingerprint density at radius 1 is 1.35 bits per heavy atom. The third kappa shape index (κ3) is 1.84. The van der Waals surface area contributed by atoms with Crippen molar-refractivity contribution in [3.8, 4) is 0 Å². The SMILES string of the molecule is CCC(N)C(C)OC1CC2CCC1(C)C2(C)C. The molecule has 5 unspecified atom stereocenters. The van der Waals surface area contributed by atoms with Crippen LogP contribution in [0.15, 0.2) is 0 Å². The summed E-state index contributed by atoms with van der Waals surface area (Å²) in [6, 6.07) is 0.181. The molecule has 2 nitrogen and oxygen atoms in total. The van der Waals surface area contributed by atoms with Crippen molar-refractivity contribution in [2.24, 2.45) is 22.5 Å². The second-order valence-corrected chi connectivity index (χ2v) is 7.01. The van der Waals surface area contributed by atoms with Crippen LogP contribution in [0.5, 0.6) is 0 Å². The molecule has 2 rings (SSSR count). The van der Waals surface area contributed by atoms with Crippen LogP contribution in [0.4, 0.5) is 0 Å². The molecular weight excluding hydrogens is 210 g/mol. The Morgan fingerprint density at radius 2 is 2.00 bits per heavy atom. The minimum Gasteiger partial charge on any atom is -0.373 e. The quantitative estimate of drug-likeness (QED) is 0.816. The summed E-state index contributed by atoms with van der Waals surface area (Å²) in [6.07, 6.45) is 5.56. The minimum absolute atomic E-state index is 0.181. The van der Waals surface area contributed by atoms with E-state index in [2.05, 4.69) is 34.6 Å². The van der Waals surface area contributed by atoms with E-state index < -0.39 is 0 Å². The van der Waals surface area contributed by atoms with Crippen LogP contribution in [0.1, 0.15) is 60.3 Å². The molecule has 0 aromatic carbocycles. The third-order valence-corrected chi connectivity index (χ3v) is 6.17. The normalized spacial score (nSPS) is 42.7. The molecule has 0 amide bonds. The molecule has 5 atom stereocenters. The monoisotopic (exact) mass is 239 g/mol. The average Bonchev–Trinajstić information content (AvgIpc) is 2.60. The number of ether oxygens (including phenoxy) is 1. The van der Waals surface area contributed by atoms with E-state index in [1.807, 2.05) is 0 Å². The molecule has 100 valence electrons. The van der Waals surface area contributed by atoms with Crippen molar-refractivity contribution < 1.29 is 4.74 Å². The highest BCUT2D eigenvalue weighted by atomic mass is 16.5. The third-order valence-electron chi connectivity index (χ3n) is 6.17. The van der Waals surface area contributed by atoms with E-state index in [9.17, 15) is 0 Å². The number of nitrogens with two attached hydrogens (primary N) is 1. The lowest BCUT2D eigenvalue weighted by Gasteiger charge is -2.40. The van der Waals surface area contributed by atoms with Crippen molar-refractivity contribution in [1.82, 2.24) is 0 Å². The molecule has 2 fully saturated rings. The maximum Gasteiger partial charge on any atom is 0.0701 e. The van der Waals surface area contributed by atoms with Crippen LogP contribution in [0.3, 0.4) is 0 Å². The molecule has 17 heavy (non-hydrogen) atoms. The Hall–Kier alpha value is -0.0800. The fraction of sp³-hybridized carbons (Fsp3) is 1.00. The second kappa shape index (κ2) is 4.24. The van der Waals surface area contributed by atoms with Gasteiger partial charge in [0.2, 0.25) is 0 Å². The number of fused-ring (bicyclic) bond motifs is 2. The highest BCUT2D eigenvalue weighted by Crippen LogP contribution is 2.66. The van der Waals surface area contributed by atoms with E-state index >= 15 is 0 Å². The van der Waals surface area contributed by atoms with Crippen LogP contribution >= 0.6 is 0 Å². The first-order chi connectivity index (χ1) is 7.83. The molecule has 0 radical (unpaired) electrons. The average molecular weight is 239 g/mol. The number of hydrogen-bond acceptors (Lipinski definition) is 2. The van der Waals surface area contributed by atoms with Crippen molar-refractivity contribution in [1.29, 1.82) is 0 Å². The van der Waals surface area contributed by atoms with Gasteiger partial charge in [-0.3, -0.25) is 0 Å². The maximum absolute atomic E-state index is 6.31. The van der Waals surface area contributed by atoms with Crippen LogP contribution in [0.2, 0.25) is 0 Å². The fourth-order valence-electron chi connectivity index (χ4n) is 4.03. The van der Waals surface area contributed by atoms with Crippen molar-refractivity contribution in [3.63, 3.8) is 0 Å². The zero-order chi connectivity index (χ0) is 12.8. The molecule has 2 N–H and O–H groups in total. The predicted molar refractivity (Wildman–Crippen MR) is 71.8 cm³/mol. The molecule has 2 bridgehead atoms. The van der Waals surface area contributed by atoms with Crippen LogP contribution in [-0.4, -0.2) is 18.2 Å². The Balaban J connectivity index is 2.06. The topological polar surface area (TPSA) is 35.2 Å².